The third-order valence-corrected chi connectivity index (χ3v) is 2.17. The molecule has 13 heavy (non-hydrogen) atoms. The van der Waals surface area contributed by atoms with E-state index in [0.29, 0.717) is 5.92 Å². The van der Waals surface area contributed by atoms with Crippen molar-refractivity contribution in [3.8, 4) is 0 Å². The summed E-state index contributed by atoms with van der Waals surface area (Å²) in [6, 6.07) is 0.0842. The Morgan fingerprint density at radius 1 is 1.46 bits per heavy atom. The van der Waals surface area contributed by atoms with Crippen molar-refractivity contribution in [1.29, 1.82) is 0 Å². The third kappa shape index (κ3) is 2.31. The van der Waals surface area contributed by atoms with Gasteiger partial charge >= 0.3 is 0 Å². The smallest absolute Gasteiger partial charge is 0.0540 e. The lowest BCUT2D eigenvalue weighted by molar-refractivity contribution is 0.474. The molecule has 0 saturated heterocycles. The van der Waals surface area contributed by atoms with Gasteiger partial charge in [-0.05, 0) is 19.8 Å². The molecule has 1 aromatic rings. The first-order valence-corrected chi connectivity index (χ1v) is 4.80. The van der Waals surface area contributed by atoms with Crippen LogP contribution in [0.4, 0.5) is 0 Å². The van der Waals surface area contributed by atoms with Gasteiger partial charge in [-0.3, -0.25) is 4.68 Å². The second-order valence-corrected chi connectivity index (χ2v) is 4.05. The molecule has 1 heterocycles. The minimum absolute atomic E-state index is 0.0842. The maximum atomic E-state index is 5.81. The largest absolute Gasteiger partial charge is 0.324 e. The number of nitrogens with two attached hydrogens (primary N) is 1. The van der Waals surface area contributed by atoms with Crippen LogP contribution < -0.4 is 5.73 Å². The fourth-order valence-corrected chi connectivity index (χ4v) is 1.44. The van der Waals surface area contributed by atoms with Gasteiger partial charge in [-0.2, -0.15) is 5.10 Å². The summed E-state index contributed by atoms with van der Waals surface area (Å²) >= 11 is 0. The Morgan fingerprint density at radius 2 is 2.08 bits per heavy atom. The van der Waals surface area contributed by atoms with Crippen molar-refractivity contribution in [3.05, 3.63) is 17.5 Å². The van der Waals surface area contributed by atoms with Crippen LogP contribution in [-0.2, 0) is 6.54 Å². The van der Waals surface area contributed by atoms with Crippen LogP contribution in [0.3, 0.4) is 0 Å². The van der Waals surface area contributed by atoms with E-state index in [1.54, 1.807) is 0 Å². The highest BCUT2D eigenvalue weighted by Crippen LogP contribution is 2.15. The molecule has 3 nitrogen and oxygen atoms in total. The van der Waals surface area contributed by atoms with Crippen molar-refractivity contribution >= 4 is 0 Å². The minimum Gasteiger partial charge on any atom is -0.324 e. The van der Waals surface area contributed by atoms with Crippen LogP contribution in [-0.4, -0.2) is 9.78 Å². The van der Waals surface area contributed by atoms with Gasteiger partial charge in [0.25, 0.3) is 0 Å². The average Bonchev–Trinajstić information content (AvgIpc) is 2.32. The molecule has 0 amide bonds. The summed E-state index contributed by atoms with van der Waals surface area (Å²) in [5.41, 5.74) is 8.16. The molecule has 0 bridgehead atoms. The van der Waals surface area contributed by atoms with Gasteiger partial charge in [0.2, 0.25) is 0 Å². The van der Waals surface area contributed by atoms with Crippen LogP contribution in [0, 0.1) is 12.8 Å². The van der Waals surface area contributed by atoms with Crippen molar-refractivity contribution in [1.82, 2.24) is 9.78 Å². The van der Waals surface area contributed by atoms with Crippen molar-refractivity contribution < 1.29 is 0 Å². The van der Waals surface area contributed by atoms with Crippen LogP contribution in [0.2, 0.25) is 0 Å². The second kappa shape index (κ2) is 3.92. The quantitative estimate of drug-likeness (QED) is 0.773. The molecule has 3 heteroatoms. The highest BCUT2D eigenvalue weighted by atomic mass is 15.3. The Kier molecular flexibility index (Phi) is 3.09. The standard InChI is InChI=1S/C10H19N3/c1-7(2)6-13-9(4)10(5-12-13)8(3)11/h5,7-8H,6,11H2,1-4H3. The lowest BCUT2D eigenvalue weighted by atomic mass is 10.1. The van der Waals surface area contributed by atoms with Gasteiger partial charge in [0, 0.05) is 23.8 Å². The number of hydrogen-bond acceptors (Lipinski definition) is 2. The first-order valence-electron chi connectivity index (χ1n) is 4.80. The molecule has 0 spiro atoms. The predicted molar refractivity (Wildman–Crippen MR) is 54.4 cm³/mol. The summed E-state index contributed by atoms with van der Waals surface area (Å²) in [5, 5.41) is 4.31. The highest BCUT2D eigenvalue weighted by Gasteiger charge is 2.09. The van der Waals surface area contributed by atoms with Gasteiger partial charge in [-0.25, -0.2) is 0 Å². The SMILES string of the molecule is Cc1c(C(C)N)cnn1CC(C)C. The summed E-state index contributed by atoms with van der Waals surface area (Å²) in [4.78, 5) is 0. The first kappa shape index (κ1) is 10.3. The molecule has 0 aliphatic rings. The first-order chi connectivity index (χ1) is 6.02. The number of aromatic nitrogens is 2. The topological polar surface area (TPSA) is 43.8 Å². The van der Waals surface area contributed by atoms with E-state index in [0.717, 1.165) is 12.1 Å². The van der Waals surface area contributed by atoms with Crippen molar-refractivity contribution in [3.63, 3.8) is 0 Å². The van der Waals surface area contributed by atoms with Crippen molar-refractivity contribution in [2.24, 2.45) is 11.7 Å². The highest BCUT2D eigenvalue weighted by molar-refractivity contribution is 5.19. The Bertz CT molecular complexity index is 274. The normalized spacial score (nSPS) is 13.7. The fraction of sp³-hybridized carbons (Fsp3) is 0.700. The van der Waals surface area contributed by atoms with Gasteiger partial charge in [-0.15, -0.1) is 0 Å². The number of hydrogen-bond donors (Lipinski definition) is 1. The predicted octanol–water partition coefficient (Wildman–Crippen LogP) is 1.87. The van der Waals surface area contributed by atoms with Gasteiger partial charge in [0.15, 0.2) is 0 Å². The van der Waals surface area contributed by atoms with E-state index in [9.17, 15) is 0 Å². The van der Waals surface area contributed by atoms with E-state index in [2.05, 4.69) is 25.9 Å². The van der Waals surface area contributed by atoms with Crippen LogP contribution in [0.1, 0.15) is 38.1 Å². The summed E-state index contributed by atoms with van der Waals surface area (Å²) in [5.74, 6) is 0.625. The maximum absolute atomic E-state index is 5.81. The molecule has 0 aliphatic heterocycles. The Balaban J connectivity index is 2.86. The monoisotopic (exact) mass is 181 g/mol. The molecular formula is C10H19N3. The van der Waals surface area contributed by atoms with E-state index in [-0.39, 0.29) is 6.04 Å². The molecule has 1 unspecified atom stereocenters. The molecular weight excluding hydrogens is 162 g/mol. The van der Waals surface area contributed by atoms with Crippen molar-refractivity contribution in [2.45, 2.75) is 40.3 Å². The van der Waals surface area contributed by atoms with E-state index in [1.807, 2.05) is 17.8 Å². The summed E-state index contributed by atoms with van der Waals surface area (Å²) in [6.45, 7) is 9.41. The Labute approximate surface area is 79.9 Å². The lowest BCUT2D eigenvalue weighted by Gasteiger charge is -2.09. The Hall–Kier alpha value is -0.830. The molecule has 1 rings (SSSR count). The van der Waals surface area contributed by atoms with E-state index >= 15 is 0 Å². The molecule has 0 aliphatic carbocycles. The van der Waals surface area contributed by atoms with E-state index in [4.69, 9.17) is 5.73 Å². The van der Waals surface area contributed by atoms with E-state index < -0.39 is 0 Å². The summed E-state index contributed by atoms with van der Waals surface area (Å²) in [7, 11) is 0. The van der Waals surface area contributed by atoms with Gasteiger partial charge in [0.05, 0.1) is 6.20 Å². The van der Waals surface area contributed by atoms with Crippen LogP contribution >= 0.6 is 0 Å². The summed E-state index contributed by atoms with van der Waals surface area (Å²) in [6.07, 6.45) is 1.88. The zero-order valence-electron chi connectivity index (χ0n) is 8.91. The van der Waals surface area contributed by atoms with Gasteiger partial charge in [0.1, 0.15) is 0 Å². The zero-order chi connectivity index (χ0) is 10.0. The molecule has 0 radical (unpaired) electrons. The molecule has 1 aromatic heterocycles. The second-order valence-electron chi connectivity index (χ2n) is 4.05. The molecule has 0 fully saturated rings. The van der Waals surface area contributed by atoms with Crippen molar-refractivity contribution in [2.75, 3.05) is 0 Å². The zero-order valence-corrected chi connectivity index (χ0v) is 8.91. The molecule has 2 N–H and O–H groups in total. The maximum Gasteiger partial charge on any atom is 0.0540 e. The Morgan fingerprint density at radius 3 is 2.46 bits per heavy atom. The lowest BCUT2D eigenvalue weighted by Crippen LogP contribution is -2.10. The van der Waals surface area contributed by atoms with Crippen LogP contribution in [0.5, 0.6) is 0 Å². The van der Waals surface area contributed by atoms with Crippen LogP contribution in [0.15, 0.2) is 6.20 Å². The third-order valence-electron chi connectivity index (χ3n) is 2.17. The van der Waals surface area contributed by atoms with Crippen LogP contribution in [0.25, 0.3) is 0 Å². The number of nitrogens with zero attached hydrogens (tertiary/aromatic N) is 2. The van der Waals surface area contributed by atoms with Gasteiger partial charge < -0.3 is 5.73 Å². The fourth-order valence-electron chi connectivity index (χ4n) is 1.44. The van der Waals surface area contributed by atoms with Gasteiger partial charge in [-0.1, -0.05) is 13.8 Å². The summed E-state index contributed by atoms with van der Waals surface area (Å²) < 4.78 is 2.03. The average molecular weight is 181 g/mol. The number of rotatable bonds is 3. The molecule has 0 aromatic carbocycles. The molecule has 74 valence electrons. The minimum atomic E-state index is 0.0842. The molecule has 0 saturated carbocycles. The van der Waals surface area contributed by atoms with E-state index in [1.165, 1.54) is 5.69 Å². The molecule has 1 atom stereocenters.